The summed E-state index contributed by atoms with van der Waals surface area (Å²) in [5.74, 6) is 1.85. The number of rotatable bonds is 6. The van der Waals surface area contributed by atoms with Crippen molar-refractivity contribution in [3.05, 3.63) is 59.2 Å². The topological polar surface area (TPSA) is 33.7 Å². The molecule has 1 aliphatic heterocycles. The van der Waals surface area contributed by atoms with Gasteiger partial charge in [-0.2, -0.15) is 0 Å². The maximum absolute atomic E-state index is 5.88. The number of nitrogens with one attached hydrogen (secondary N) is 1. The number of benzene rings is 2. The van der Waals surface area contributed by atoms with E-state index in [2.05, 4.69) is 54.6 Å². The Labute approximate surface area is 144 Å². The Kier molecular flexibility index (Phi) is 5.38. The molecule has 0 bridgehead atoms. The molecule has 0 amide bonds. The number of fused-ring (bicyclic) bond motifs is 1. The van der Waals surface area contributed by atoms with Crippen molar-refractivity contribution in [1.29, 1.82) is 0 Å². The summed E-state index contributed by atoms with van der Waals surface area (Å²) < 4.78 is 11.2. The van der Waals surface area contributed by atoms with Gasteiger partial charge in [-0.15, -0.1) is 0 Å². The standard InChI is InChI=1S/C20H26N2O2/c1-22(2)11-12-24-18-6-4-5-16(14-18)20-19-8-7-17(23-3)13-15(19)9-10-21-20/h4-8,13-14,20-21H,9-12H2,1-3H3. The smallest absolute Gasteiger partial charge is 0.119 e. The number of methoxy groups -OCH3 is 1. The van der Waals surface area contributed by atoms with Crippen LogP contribution in [0.15, 0.2) is 42.5 Å². The van der Waals surface area contributed by atoms with Crippen molar-refractivity contribution in [2.75, 3.05) is 40.9 Å². The zero-order valence-corrected chi connectivity index (χ0v) is 14.7. The lowest BCUT2D eigenvalue weighted by Gasteiger charge is -2.28. The van der Waals surface area contributed by atoms with E-state index in [-0.39, 0.29) is 6.04 Å². The fourth-order valence-electron chi connectivity index (χ4n) is 3.10. The van der Waals surface area contributed by atoms with Crippen molar-refractivity contribution >= 4 is 0 Å². The minimum absolute atomic E-state index is 0.206. The molecule has 0 aromatic heterocycles. The van der Waals surface area contributed by atoms with Gasteiger partial charge in [-0.1, -0.05) is 18.2 Å². The molecule has 24 heavy (non-hydrogen) atoms. The number of nitrogens with zero attached hydrogens (tertiary/aromatic N) is 1. The first-order valence-corrected chi connectivity index (χ1v) is 8.45. The molecule has 0 saturated carbocycles. The van der Waals surface area contributed by atoms with Gasteiger partial charge in [-0.05, 0) is 61.5 Å². The average molecular weight is 326 g/mol. The Balaban J connectivity index is 1.80. The lowest BCUT2D eigenvalue weighted by molar-refractivity contribution is 0.261. The van der Waals surface area contributed by atoms with Gasteiger partial charge in [-0.25, -0.2) is 0 Å². The number of hydrogen-bond acceptors (Lipinski definition) is 4. The number of ether oxygens (including phenoxy) is 2. The van der Waals surface area contributed by atoms with Crippen LogP contribution in [-0.2, 0) is 6.42 Å². The van der Waals surface area contributed by atoms with Crippen LogP contribution in [0, 0.1) is 0 Å². The van der Waals surface area contributed by atoms with Crippen molar-refractivity contribution in [2.45, 2.75) is 12.5 Å². The van der Waals surface area contributed by atoms with E-state index in [9.17, 15) is 0 Å². The minimum Gasteiger partial charge on any atom is -0.497 e. The Morgan fingerprint density at radius 1 is 1.12 bits per heavy atom. The maximum Gasteiger partial charge on any atom is 0.119 e. The van der Waals surface area contributed by atoms with Gasteiger partial charge in [0.25, 0.3) is 0 Å². The molecule has 1 unspecified atom stereocenters. The number of likely N-dealkylation sites (N-methyl/N-ethyl adjacent to an activating group) is 1. The highest BCUT2D eigenvalue weighted by atomic mass is 16.5. The Hall–Kier alpha value is -2.04. The van der Waals surface area contributed by atoms with Gasteiger partial charge in [0.1, 0.15) is 18.1 Å². The van der Waals surface area contributed by atoms with Crippen molar-refractivity contribution in [2.24, 2.45) is 0 Å². The third-order valence-corrected chi connectivity index (χ3v) is 4.40. The third-order valence-electron chi connectivity index (χ3n) is 4.40. The summed E-state index contributed by atoms with van der Waals surface area (Å²) in [6.07, 6.45) is 1.03. The SMILES string of the molecule is COc1ccc2c(c1)CCNC2c1cccc(OCCN(C)C)c1. The quantitative estimate of drug-likeness (QED) is 0.885. The van der Waals surface area contributed by atoms with Crippen molar-refractivity contribution < 1.29 is 9.47 Å². The van der Waals surface area contributed by atoms with E-state index in [1.165, 1.54) is 16.7 Å². The van der Waals surface area contributed by atoms with E-state index in [1.54, 1.807) is 7.11 Å². The summed E-state index contributed by atoms with van der Waals surface area (Å²) in [7, 11) is 5.82. The van der Waals surface area contributed by atoms with Gasteiger partial charge in [0.15, 0.2) is 0 Å². The van der Waals surface area contributed by atoms with Crippen LogP contribution in [0.3, 0.4) is 0 Å². The normalized spacial score (nSPS) is 16.8. The first-order chi connectivity index (χ1) is 11.7. The number of hydrogen-bond donors (Lipinski definition) is 1. The summed E-state index contributed by atoms with van der Waals surface area (Å²) in [6.45, 7) is 2.58. The molecule has 0 fully saturated rings. The molecule has 4 heteroatoms. The van der Waals surface area contributed by atoms with Gasteiger partial charge >= 0.3 is 0 Å². The van der Waals surface area contributed by atoms with Crippen LogP contribution in [0.25, 0.3) is 0 Å². The second kappa shape index (κ2) is 7.69. The fraction of sp³-hybridized carbons (Fsp3) is 0.400. The average Bonchev–Trinajstić information content (AvgIpc) is 2.60. The second-order valence-corrected chi connectivity index (χ2v) is 6.43. The summed E-state index contributed by atoms with van der Waals surface area (Å²) in [6, 6.07) is 15.0. The molecule has 1 N–H and O–H groups in total. The second-order valence-electron chi connectivity index (χ2n) is 6.43. The molecule has 1 heterocycles. The summed E-state index contributed by atoms with van der Waals surface area (Å²) in [4.78, 5) is 2.12. The van der Waals surface area contributed by atoms with Gasteiger partial charge in [0.05, 0.1) is 13.2 Å². The summed E-state index contributed by atoms with van der Waals surface area (Å²) in [5, 5.41) is 3.63. The van der Waals surface area contributed by atoms with Gasteiger partial charge in [0.2, 0.25) is 0 Å². The van der Waals surface area contributed by atoms with Crippen LogP contribution < -0.4 is 14.8 Å². The monoisotopic (exact) mass is 326 g/mol. The maximum atomic E-state index is 5.88. The Morgan fingerprint density at radius 3 is 2.79 bits per heavy atom. The molecule has 4 nitrogen and oxygen atoms in total. The fourth-order valence-corrected chi connectivity index (χ4v) is 3.10. The first kappa shape index (κ1) is 16.8. The molecule has 0 aliphatic carbocycles. The molecular formula is C20H26N2O2. The van der Waals surface area contributed by atoms with E-state index in [4.69, 9.17) is 9.47 Å². The minimum atomic E-state index is 0.206. The van der Waals surface area contributed by atoms with E-state index < -0.39 is 0 Å². The van der Waals surface area contributed by atoms with Crippen LogP contribution in [0.2, 0.25) is 0 Å². The molecule has 128 valence electrons. The molecule has 1 aliphatic rings. The predicted octanol–water partition coefficient (Wildman–Crippen LogP) is 2.87. The molecule has 0 spiro atoms. The first-order valence-electron chi connectivity index (χ1n) is 8.45. The molecule has 0 saturated heterocycles. The zero-order chi connectivity index (χ0) is 16.9. The van der Waals surface area contributed by atoms with Gasteiger partial charge in [-0.3, -0.25) is 0 Å². The van der Waals surface area contributed by atoms with Crippen LogP contribution in [0.4, 0.5) is 0 Å². The van der Waals surface area contributed by atoms with Gasteiger partial charge < -0.3 is 19.7 Å². The van der Waals surface area contributed by atoms with Crippen molar-refractivity contribution in [3.8, 4) is 11.5 Å². The van der Waals surface area contributed by atoms with E-state index >= 15 is 0 Å². The molecule has 2 aromatic carbocycles. The highest BCUT2D eigenvalue weighted by molar-refractivity contribution is 5.45. The highest BCUT2D eigenvalue weighted by Crippen LogP contribution is 2.32. The van der Waals surface area contributed by atoms with E-state index in [1.807, 2.05) is 12.1 Å². The van der Waals surface area contributed by atoms with Crippen molar-refractivity contribution in [1.82, 2.24) is 10.2 Å². The van der Waals surface area contributed by atoms with E-state index in [0.717, 1.165) is 31.0 Å². The third kappa shape index (κ3) is 3.89. The Bertz CT molecular complexity index is 685. The molecule has 0 radical (unpaired) electrons. The van der Waals surface area contributed by atoms with Crippen molar-refractivity contribution in [3.63, 3.8) is 0 Å². The van der Waals surface area contributed by atoms with Crippen LogP contribution in [0.5, 0.6) is 11.5 Å². The van der Waals surface area contributed by atoms with Crippen LogP contribution >= 0.6 is 0 Å². The van der Waals surface area contributed by atoms with Crippen LogP contribution in [-0.4, -0.2) is 45.8 Å². The predicted molar refractivity (Wildman–Crippen MR) is 97.0 cm³/mol. The highest BCUT2D eigenvalue weighted by Gasteiger charge is 2.22. The molecule has 3 rings (SSSR count). The van der Waals surface area contributed by atoms with Crippen LogP contribution in [0.1, 0.15) is 22.7 Å². The zero-order valence-electron chi connectivity index (χ0n) is 14.7. The lowest BCUT2D eigenvalue weighted by Crippen LogP contribution is -2.30. The van der Waals surface area contributed by atoms with E-state index in [0.29, 0.717) is 6.61 Å². The lowest BCUT2D eigenvalue weighted by atomic mass is 9.89. The largest absolute Gasteiger partial charge is 0.497 e. The molecule has 2 aromatic rings. The summed E-state index contributed by atoms with van der Waals surface area (Å²) in [5.41, 5.74) is 3.92. The van der Waals surface area contributed by atoms with Gasteiger partial charge in [0, 0.05) is 13.1 Å². The summed E-state index contributed by atoms with van der Waals surface area (Å²) >= 11 is 0. The molecule has 1 atom stereocenters. The Morgan fingerprint density at radius 2 is 2.00 bits per heavy atom. The molecular weight excluding hydrogens is 300 g/mol.